The van der Waals surface area contributed by atoms with Gasteiger partial charge in [0.2, 0.25) is 0 Å². The van der Waals surface area contributed by atoms with E-state index in [1.54, 1.807) is 0 Å². The molecular weight excluding hydrogens is 1880 g/mol. The second kappa shape index (κ2) is 46.7. The van der Waals surface area contributed by atoms with E-state index in [9.17, 15) is 163 Å². The standard InChI is InChI=1S/C75H122O61/c76-1-17-32(79)59(106)74(122-17)136-60-31(78)16(77)2-109-75(60)135-30-15-121-73(58(105)45(30)92)134-29-14-120-72(57(104)44(29)91)133-28-13-119-71(56(103)43(28)90)132-27-12-118-70(55(102)42(27)89)131-26-11-117-69(54(101)41(26)88)130-25-10-116-68(53(100)40(25)87)129-24-9-115-67(52(99)39(24)86)128-23-8-114-66(51(98)38(23)85)127-22-7-113-65(50(97)37(22)84)126-21-6-112-64(49(96)36(21)83)125-20-5-111-63(48(95)35(20)82)124-19-4-110-62(47(94)34(19)81)123-18-3-108-61(107)46(93)33(18)80/h16-107H,1-15H2/t16-,17+,18-,19-,20-,21-,22-,23-,24-,25-,26-,27-,28-,29-,30-,31+,32-,33+,34+,35+,36+,37+,38+,39+,40+,41+,42+,43+,44+,45+,46?,47?,48?,49?,50?,51?,52?,53?,54?,55?,56?,57?,58?,59?,60?,61-,62+,63-,64-,65-,66-,67-,68-,69-,70-,71-,72-,73-,74+,75+/m1/s1. The van der Waals surface area contributed by atoms with E-state index in [0.29, 0.717) is 0 Å². The van der Waals surface area contributed by atoms with E-state index >= 15 is 0 Å². The first-order chi connectivity index (χ1) is 64.7. The summed E-state index contributed by atoms with van der Waals surface area (Å²) in [4.78, 5) is 0. The zero-order chi connectivity index (χ0) is 97.8. The average molecular weight is 2000 g/mol. The van der Waals surface area contributed by atoms with Gasteiger partial charge in [-0.3, -0.25) is 0 Å². The molecule has 15 fully saturated rings. The van der Waals surface area contributed by atoms with Gasteiger partial charge in [0, 0.05) is 0 Å². The normalized spacial score (nSPS) is 54.8. The van der Waals surface area contributed by atoms with E-state index in [-0.39, 0.29) is 0 Å². The molecule has 0 radical (unpaired) electrons. The Bertz CT molecular complexity index is 3540. The Balaban J connectivity index is 0.428. The first kappa shape index (κ1) is 108. The molecule has 60 atom stereocenters. The maximum absolute atomic E-state index is 11.2. The first-order valence-corrected chi connectivity index (χ1v) is 43.9. The molecule has 0 saturated carbocycles. The van der Waals surface area contributed by atoms with Gasteiger partial charge >= 0.3 is 0 Å². The van der Waals surface area contributed by atoms with Gasteiger partial charge < -0.3 is 301 Å². The average Bonchev–Trinajstić information content (AvgIpc) is 1.67. The largest absolute Gasteiger partial charge is 0.394 e. The number of hydrogen-bond acceptors (Lipinski definition) is 61. The van der Waals surface area contributed by atoms with Gasteiger partial charge in [-0.2, -0.15) is 0 Å². The van der Waals surface area contributed by atoms with Crippen molar-refractivity contribution in [1.82, 2.24) is 0 Å². The fourth-order valence-electron chi connectivity index (χ4n) is 17.4. The molecule has 32 N–H and O–H groups in total. The Morgan fingerprint density at radius 3 is 0.478 bits per heavy atom. The summed E-state index contributed by atoms with van der Waals surface area (Å²) in [5.74, 6) is 0. The second-order valence-electron chi connectivity index (χ2n) is 35.2. The Hall–Kier alpha value is -2.44. The van der Waals surface area contributed by atoms with Gasteiger partial charge in [-0.05, 0) is 0 Å². The predicted molar refractivity (Wildman–Crippen MR) is 403 cm³/mol. The number of rotatable bonds is 29. The third kappa shape index (κ3) is 23.4. The fourth-order valence-corrected chi connectivity index (χ4v) is 17.4. The van der Waals surface area contributed by atoms with E-state index < -0.39 is 468 Å². The topological polar surface area (TPSA) is 915 Å². The molecule has 15 saturated heterocycles. The molecule has 15 rings (SSSR count). The molecule has 0 aromatic heterocycles. The van der Waals surface area contributed by atoms with Crippen LogP contribution in [0.25, 0.3) is 0 Å². The van der Waals surface area contributed by atoms with Gasteiger partial charge in [-0.1, -0.05) is 0 Å². The van der Waals surface area contributed by atoms with Crippen molar-refractivity contribution in [3.8, 4) is 0 Å². The summed E-state index contributed by atoms with van der Waals surface area (Å²) in [7, 11) is 0. The minimum Gasteiger partial charge on any atom is -0.394 e. The Labute approximate surface area is 766 Å². The minimum absolute atomic E-state index is 0.414. The first-order valence-electron chi connectivity index (χ1n) is 43.9. The van der Waals surface area contributed by atoms with Crippen LogP contribution in [0, 0.1) is 0 Å². The van der Waals surface area contributed by atoms with Crippen molar-refractivity contribution in [2.24, 2.45) is 0 Å². The SMILES string of the molecule is OC[C@@H]1O[C@@H](OC2[C@H](O[C@@H]3CO[C@H](O[C@@H]4CO[C@H](O[C@@H]5CO[C@H](O[C@@H]6CO[C@H](O[C@@H]7CO[C@H](O[C@@H]8CO[C@H](O[C@@H]9CO[C@H](O[C@@H]%10CO[C@H](O[C@@H]%11CO[C@H](O[C@@H]%12CO[C@H](O[C@@H]%13CO[C@H](O[C@@H]%14CO[C@@H](O[C@@H]%15CO[C@@H](O)C(O)[C@H]%15O)C(O)[C@H]%14O)C(O)[C@H]%13O)C(O)[C@H]%12O)C(O)[C@H]%11O)C(O)[C@H]%10O)C(O)[C@H]9O)C(O)[C@H]8O)C(O)[C@H]7O)C(O)[C@H]6O)C(O)[C@H]5O)C(O)[C@H]4O)C(O)[C@H]3O)OC[C@@H](O)[C@@H]2O)C(O)[C@@H]1O. The van der Waals surface area contributed by atoms with Crippen LogP contribution in [-0.2, 0) is 137 Å². The summed E-state index contributed by atoms with van der Waals surface area (Å²) in [5, 5.41) is 347. The predicted octanol–water partition coefficient (Wildman–Crippen LogP) is -24.1. The van der Waals surface area contributed by atoms with E-state index in [0.717, 1.165) is 0 Å². The van der Waals surface area contributed by atoms with Crippen molar-refractivity contribution in [2.75, 3.05) is 99.1 Å². The number of aliphatic hydroxyl groups is 32. The van der Waals surface area contributed by atoms with E-state index in [4.69, 9.17) is 137 Å². The van der Waals surface area contributed by atoms with E-state index in [2.05, 4.69) is 0 Å². The smallest absolute Gasteiger partial charge is 0.187 e. The third-order valence-electron chi connectivity index (χ3n) is 25.9. The van der Waals surface area contributed by atoms with Crippen LogP contribution in [0.3, 0.4) is 0 Å². The highest BCUT2D eigenvalue weighted by molar-refractivity contribution is 5.01. The van der Waals surface area contributed by atoms with Crippen LogP contribution in [0.5, 0.6) is 0 Å². The summed E-state index contributed by atoms with van der Waals surface area (Å²) in [5.41, 5.74) is 0. The minimum atomic E-state index is -2.00. The van der Waals surface area contributed by atoms with Crippen LogP contribution >= 0.6 is 0 Å². The number of aliphatic hydroxyl groups excluding tert-OH is 32. The van der Waals surface area contributed by atoms with Crippen molar-refractivity contribution in [2.45, 2.75) is 369 Å². The summed E-state index contributed by atoms with van der Waals surface area (Å²) in [6, 6.07) is 0. The van der Waals surface area contributed by atoms with E-state index in [1.807, 2.05) is 0 Å². The highest BCUT2D eigenvalue weighted by Crippen LogP contribution is 2.39. The van der Waals surface area contributed by atoms with Crippen LogP contribution in [0.1, 0.15) is 0 Å². The van der Waals surface area contributed by atoms with Gasteiger partial charge in [0.15, 0.2) is 94.4 Å². The Kier molecular flexibility index (Phi) is 37.0. The monoisotopic (exact) mass is 2000 g/mol. The molecule has 0 aromatic rings. The molecule has 136 heavy (non-hydrogen) atoms. The van der Waals surface area contributed by atoms with Crippen LogP contribution in [0.15, 0.2) is 0 Å². The maximum Gasteiger partial charge on any atom is 0.187 e. The Morgan fingerprint density at radius 2 is 0.301 bits per heavy atom. The molecule has 0 spiro atoms. The fraction of sp³-hybridized carbons (Fsp3) is 1.00. The van der Waals surface area contributed by atoms with Gasteiger partial charge in [-0.25, -0.2) is 0 Å². The molecule has 15 aliphatic heterocycles. The zero-order valence-corrected chi connectivity index (χ0v) is 71.4. The van der Waals surface area contributed by atoms with E-state index in [1.165, 1.54) is 0 Å². The zero-order valence-electron chi connectivity index (χ0n) is 71.4. The molecule has 15 aliphatic rings. The molecule has 0 amide bonds. The maximum atomic E-state index is 11.2. The van der Waals surface area contributed by atoms with Gasteiger partial charge in [0.05, 0.1) is 99.1 Å². The molecule has 15 heterocycles. The lowest BCUT2D eigenvalue weighted by Gasteiger charge is -2.46. The molecular formula is C75H122O61. The number of ether oxygens (including phenoxy) is 29. The molecule has 0 aliphatic carbocycles. The molecule has 0 aromatic carbocycles. The molecule has 788 valence electrons. The summed E-state index contributed by atoms with van der Waals surface area (Å²) < 4.78 is 162. The lowest BCUT2D eigenvalue weighted by molar-refractivity contribution is -0.372. The lowest BCUT2D eigenvalue weighted by Crippen LogP contribution is -2.64. The summed E-state index contributed by atoms with van der Waals surface area (Å²) in [6.07, 6.45) is -104. The molecule has 15 unspecified atom stereocenters. The van der Waals surface area contributed by atoms with Crippen LogP contribution in [-0.4, -0.2) is 632 Å². The quantitative estimate of drug-likeness (QED) is 0.0331. The van der Waals surface area contributed by atoms with Crippen LogP contribution in [0.2, 0.25) is 0 Å². The molecule has 0 bridgehead atoms. The van der Waals surface area contributed by atoms with Crippen LogP contribution < -0.4 is 0 Å². The van der Waals surface area contributed by atoms with Gasteiger partial charge in [0.1, 0.15) is 275 Å². The summed E-state index contributed by atoms with van der Waals surface area (Å²) in [6.45, 7) is -8.70. The Morgan fingerprint density at radius 1 is 0.147 bits per heavy atom. The molecule has 61 heteroatoms. The summed E-state index contributed by atoms with van der Waals surface area (Å²) >= 11 is 0. The van der Waals surface area contributed by atoms with Crippen molar-refractivity contribution in [3.05, 3.63) is 0 Å². The van der Waals surface area contributed by atoms with Gasteiger partial charge in [-0.15, -0.1) is 0 Å². The van der Waals surface area contributed by atoms with Crippen molar-refractivity contribution in [1.29, 1.82) is 0 Å². The third-order valence-corrected chi connectivity index (χ3v) is 25.9. The molecule has 61 nitrogen and oxygen atoms in total. The highest BCUT2D eigenvalue weighted by atomic mass is 16.8. The van der Waals surface area contributed by atoms with Crippen molar-refractivity contribution >= 4 is 0 Å². The van der Waals surface area contributed by atoms with Crippen LogP contribution in [0.4, 0.5) is 0 Å². The van der Waals surface area contributed by atoms with Gasteiger partial charge in [0.25, 0.3) is 0 Å². The second-order valence-corrected chi connectivity index (χ2v) is 35.2. The number of hydrogen-bond donors (Lipinski definition) is 32. The van der Waals surface area contributed by atoms with Crippen molar-refractivity contribution < 1.29 is 301 Å². The lowest BCUT2D eigenvalue weighted by atomic mass is 10.0. The van der Waals surface area contributed by atoms with Crippen molar-refractivity contribution in [3.63, 3.8) is 0 Å². The highest BCUT2D eigenvalue weighted by Gasteiger charge is 2.59.